The van der Waals surface area contributed by atoms with Crippen LogP contribution in [0.15, 0.2) is 0 Å². The summed E-state index contributed by atoms with van der Waals surface area (Å²) in [5, 5.41) is 108. The number of aliphatic hydroxyl groups excluding tert-OH is 11. The molecule has 3 aliphatic heterocycles. The van der Waals surface area contributed by atoms with Gasteiger partial charge >= 0.3 is 0 Å². The lowest BCUT2D eigenvalue weighted by molar-refractivity contribution is -0.364. The fourth-order valence-corrected chi connectivity index (χ4v) is 3.96. The largest absolute Gasteiger partial charge is 0.394 e. The van der Waals surface area contributed by atoms with Gasteiger partial charge in [-0.25, -0.2) is 0 Å². The average Bonchev–Trinajstić information content (AvgIpc) is 3.11. The molecule has 3 fully saturated rings. The second kappa shape index (κ2) is 11.6. The van der Waals surface area contributed by atoms with Gasteiger partial charge in [-0.2, -0.15) is 0 Å². The Morgan fingerprint density at radius 3 is 1.88 bits per heavy atom. The first-order chi connectivity index (χ1) is 16.0. The highest BCUT2D eigenvalue weighted by atomic mass is 16.7. The molecule has 16 heteroatoms. The van der Waals surface area contributed by atoms with Crippen LogP contribution in [0.5, 0.6) is 0 Å². The molecule has 0 spiro atoms. The van der Waals surface area contributed by atoms with Gasteiger partial charge in [-0.05, 0) is 0 Å². The maximum atomic E-state index is 10.4. The van der Waals surface area contributed by atoms with Crippen LogP contribution in [0.2, 0.25) is 0 Å². The van der Waals surface area contributed by atoms with Gasteiger partial charge in [0.15, 0.2) is 18.9 Å². The number of aliphatic hydroxyl groups is 11. The van der Waals surface area contributed by atoms with Crippen LogP contribution in [0.25, 0.3) is 0 Å². The van der Waals surface area contributed by atoms with Crippen molar-refractivity contribution in [2.75, 3.05) is 19.8 Å². The standard InChI is InChI=1S/C18H32O16/c19-1-4(21)14-11(26)13(28)17(33-14)30-3-6-8(23)10(25)15(16(29)31-6)34-18-12(27)9(24)7(22)5(2-20)32-18/h4-29H,1-3H2/t4-,5-,6-,7-,8-,9+,10+,11-,12+,13-,14+,15+,16?,17-,18-/m1/s1. The minimum Gasteiger partial charge on any atom is -0.394 e. The lowest BCUT2D eigenvalue weighted by Crippen LogP contribution is -2.64. The van der Waals surface area contributed by atoms with Gasteiger partial charge in [0.25, 0.3) is 0 Å². The van der Waals surface area contributed by atoms with Gasteiger partial charge in [-0.15, -0.1) is 0 Å². The third kappa shape index (κ3) is 5.52. The maximum Gasteiger partial charge on any atom is 0.187 e. The summed E-state index contributed by atoms with van der Waals surface area (Å²) < 4.78 is 26.0. The van der Waals surface area contributed by atoms with Gasteiger partial charge in [-0.1, -0.05) is 0 Å². The van der Waals surface area contributed by atoms with Crippen LogP contribution in [0.3, 0.4) is 0 Å². The molecule has 34 heavy (non-hydrogen) atoms. The summed E-state index contributed by atoms with van der Waals surface area (Å²) in [5.74, 6) is 0. The molecule has 1 unspecified atom stereocenters. The second-order valence-electron chi connectivity index (χ2n) is 8.38. The first-order valence-corrected chi connectivity index (χ1v) is 10.6. The smallest absolute Gasteiger partial charge is 0.187 e. The Hall–Kier alpha value is -0.640. The predicted molar refractivity (Wildman–Crippen MR) is 101 cm³/mol. The molecule has 0 saturated carbocycles. The van der Waals surface area contributed by atoms with Crippen molar-refractivity contribution >= 4 is 0 Å². The van der Waals surface area contributed by atoms with Crippen molar-refractivity contribution in [3.05, 3.63) is 0 Å². The molecule has 3 saturated heterocycles. The van der Waals surface area contributed by atoms with Crippen LogP contribution >= 0.6 is 0 Å². The van der Waals surface area contributed by atoms with E-state index in [1.807, 2.05) is 0 Å². The molecule has 3 aliphatic rings. The molecule has 16 nitrogen and oxygen atoms in total. The van der Waals surface area contributed by atoms with E-state index in [4.69, 9.17) is 28.8 Å². The van der Waals surface area contributed by atoms with E-state index >= 15 is 0 Å². The minimum atomic E-state index is -1.91. The zero-order valence-electron chi connectivity index (χ0n) is 17.7. The monoisotopic (exact) mass is 504 g/mol. The van der Waals surface area contributed by atoms with Gasteiger partial charge in [0.2, 0.25) is 0 Å². The van der Waals surface area contributed by atoms with Crippen molar-refractivity contribution in [1.82, 2.24) is 0 Å². The summed E-state index contributed by atoms with van der Waals surface area (Å²) in [5.41, 5.74) is 0. The average molecular weight is 504 g/mol. The molecular weight excluding hydrogens is 472 g/mol. The first-order valence-electron chi connectivity index (χ1n) is 10.6. The maximum absolute atomic E-state index is 10.4. The van der Waals surface area contributed by atoms with Crippen LogP contribution in [-0.4, -0.2) is 168 Å². The SMILES string of the molecule is OC[C@@H](O)[C@@H]1O[C@@H](OC[C@H]2OC(O)[C@@H](O[C@H]3O[C@H](CO)[C@@H](O)[C@H](O)[C@@H]3O)[C@@H](O)[C@@H]2O)[C@H](O)[C@H]1O. The number of ether oxygens (including phenoxy) is 5. The molecular formula is C18H32O16. The Balaban J connectivity index is 1.57. The Morgan fingerprint density at radius 2 is 1.26 bits per heavy atom. The lowest BCUT2D eigenvalue weighted by Gasteiger charge is -2.45. The second-order valence-corrected chi connectivity index (χ2v) is 8.38. The van der Waals surface area contributed by atoms with E-state index in [1.54, 1.807) is 0 Å². The van der Waals surface area contributed by atoms with Crippen LogP contribution in [0.1, 0.15) is 0 Å². The molecule has 0 amide bonds. The third-order valence-corrected chi connectivity index (χ3v) is 6.05. The van der Waals surface area contributed by atoms with E-state index in [-0.39, 0.29) is 0 Å². The van der Waals surface area contributed by atoms with E-state index in [2.05, 4.69) is 0 Å². The summed E-state index contributed by atoms with van der Waals surface area (Å²) >= 11 is 0. The Kier molecular flexibility index (Phi) is 9.54. The Morgan fingerprint density at radius 1 is 0.647 bits per heavy atom. The molecule has 200 valence electrons. The molecule has 15 atom stereocenters. The van der Waals surface area contributed by atoms with Crippen LogP contribution < -0.4 is 0 Å². The molecule has 0 aromatic rings. The number of hydrogen-bond acceptors (Lipinski definition) is 16. The zero-order valence-corrected chi connectivity index (χ0v) is 17.7. The number of hydrogen-bond donors (Lipinski definition) is 11. The van der Waals surface area contributed by atoms with Crippen LogP contribution in [0.4, 0.5) is 0 Å². The highest BCUT2D eigenvalue weighted by Gasteiger charge is 2.51. The van der Waals surface area contributed by atoms with Crippen LogP contribution in [0, 0.1) is 0 Å². The van der Waals surface area contributed by atoms with Gasteiger partial charge in [-0.3, -0.25) is 0 Å². The topological polar surface area (TPSA) is 269 Å². The summed E-state index contributed by atoms with van der Waals surface area (Å²) in [6.07, 6.45) is -24.4. The fraction of sp³-hybridized carbons (Fsp3) is 1.00. The zero-order chi connectivity index (χ0) is 25.3. The van der Waals surface area contributed by atoms with Gasteiger partial charge < -0.3 is 79.9 Å². The Bertz CT molecular complexity index is 639. The van der Waals surface area contributed by atoms with Crippen molar-refractivity contribution in [3.8, 4) is 0 Å². The van der Waals surface area contributed by atoms with Crippen molar-refractivity contribution in [1.29, 1.82) is 0 Å². The molecule has 0 aliphatic carbocycles. The highest BCUT2D eigenvalue weighted by Crippen LogP contribution is 2.30. The first kappa shape index (κ1) is 27.9. The lowest BCUT2D eigenvalue weighted by atomic mass is 9.97. The van der Waals surface area contributed by atoms with E-state index in [1.165, 1.54) is 0 Å². The van der Waals surface area contributed by atoms with Crippen molar-refractivity contribution in [2.24, 2.45) is 0 Å². The van der Waals surface area contributed by atoms with Gasteiger partial charge in [0.1, 0.15) is 73.2 Å². The quantitative estimate of drug-likeness (QED) is 0.146. The fourth-order valence-electron chi connectivity index (χ4n) is 3.96. The van der Waals surface area contributed by atoms with E-state index in [9.17, 15) is 51.1 Å². The van der Waals surface area contributed by atoms with E-state index < -0.39 is 112 Å². The van der Waals surface area contributed by atoms with E-state index in [0.29, 0.717) is 0 Å². The minimum absolute atomic E-state index is 0.571. The molecule has 0 aromatic heterocycles. The molecule has 3 rings (SSSR count). The third-order valence-electron chi connectivity index (χ3n) is 6.05. The number of rotatable bonds is 8. The normalized spacial score (nSPS) is 50.9. The van der Waals surface area contributed by atoms with Crippen molar-refractivity contribution < 1.29 is 79.9 Å². The highest BCUT2D eigenvalue weighted by molar-refractivity contribution is 4.94. The Labute approximate surface area is 192 Å². The molecule has 0 bridgehead atoms. The predicted octanol–water partition coefficient (Wildman–Crippen LogP) is -7.57. The van der Waals surface area contributed by atoms with Gasteiger partial charge in [0.05, 0.1) is 19.8 Å². The molecule has 11 N–H and O–H groups in total. The molecule has 0 aromatic carbocycles. The van der Waals surface area contributed by atoms with Crippen molar-refractivity contribution in [3.63, 3.8) is 0 Å². The van der Waals surface area contributed by atoms with Crippen LogP contribution in [-0.2, 0) is 23.7 Å². The van der Waals surface area contributed by atoms with Crippen molar-refractivity contribution in [2.45, 2.75) is 92.1 Å². The van der Waals surface area contributed by atoms with E-state index in [0.717, 1.165) is 0 Å². The molecule has 3 heterocycles. The summed E-state index contributed by atoms with van der Waals surface area (Å²) in [7, 11) is 0. The molecule has 0 radical (unpaired) electrons. The summed E-state index contributed by atoms with van der Waals surface area (Å²) in [4.78, 5) is 0. The van der Waals surface area contributed by atoms with Gasteiger partial charge in [0, 0.05) is 0 Å². The summed E-state index contributed by atoms with van der Waals surface area (Å²) in [6, 6.07) is 0. The summed E-state index contributed by atoms with van der Waals surface area (Å²) in [6.45, 7) is -2.06.